The number of carbonyl (C=O) groups is 3. The van der Waals surface area contributed by atoms with Crippen LogP contribution in [-0.2, 0) is 27.2 Å². The molecule has 0 saturated heterocycles. The molecule has 3 rings (SSSR count). The Kier molecular flexibility index (Phi) is 6.19. The molecule has 1 heterocycles. The summed E-state index contributed by atoms with van der Waals surface area (Å²) in [6.07, 6.45) is 5.28. The number of anilines is 1. The smallest absolute Gasteiger partial charge is 0.341 e. The van der Waals surface area contributed by atoms with Crippen molar-refractivity contribution in [2.75, 3.05) is 11.9 Å². The minimum Gasteiger partial charge on any atom is -0.550 e. The predicted octanol–water partition coefficient (Wildman–Crippen LogP) is 2.54. The number of nitrogens with one attached hydrogen (secondary N) is 1. The van der Waals surface area contributed by atoms with Crippen LogP contribution < -0.4 is 10.4 Å². The minimum atomic E-state index is -1.17. The van der Waals surface area contributed by atoms with Gasteiger partial charge in [-0.25, -0.2) is 4.79 Å². The summed E-state index contributed by atoms with van der Waals surface area (Å²) in [6.45, 7) is 4.20. The van der Waals surface area contributed by atoms with Gasteiger partial charge in [0, 0.05) is 22.7 Å². The first-order valence-corrected chi connectivity index (χ1v) is 10.6. The van der Waals surface area contributed by atoms with E-state index in [4.69, 9.17) is 4.74 Å². The Bertz CT molecular complexity index is 741. The monoisotopic (exact) mass is 392 g/mol. The molecule has 1 fully saturated rings. The summed E-state index contributed by atoms with van der Waals surface area (Å²) in [4.78, 5) is 37.9. The lowest BCUT2D eigenvalue weighted by Crippen LogP contribution is -2.42. The van der Waals surface area contributed by atoms with Crippen LogP contribution in [0, 0.1) is 17.8 Å². The van der Waals surface area contributed by atoms with Crippen molar-refractivity contribution >= 4 is 34.2 Å². The molecule has 3 atom stereocenters. The maximum atomic E-state index is 12.8. The van der Waals surface area contributed by atoms with Crippen LogP contribution in [-0.4, -0.2) is 24.5 Å². The summed E-state index contributed by atoms with van der Waals surface area (Å²) >= 11 is 1.43. The van der Waals surface area contributed by atoms with Crippen molar-refractivity contribution in [3.05, 3.63) is 16.0 Å². The van der Waals surface area contributed by atoms with E-state index < -0.39 is 23.8 Å². The second-order valence-electron chi connectivity index (χ2n) is 7.58. The van der Waals surface area contributed by atoms with Crippen LogP contribution in [0.2, 0.25) is 0 Å². The number of hydrogen-bond acceptors (Lipinski definition) is 6. The van der Waals surface area contributed by atoms with Crippen molar-refractivity contribution in [1.82, 2.24) is 0 Å². The van der Waals surface area contributed by atoms with Crippen molar-refractivity contribution in [2.45, 2.75) is 58.8 Å². The molecule has 0 aliphatic heterocycles. The van der Waals surface area contributed by atoms with Gasteiger partial charge in [0.2, 0.25) is 5.91 Å². The van der Waals surface area contributed by atoms with Gasteiger partial charge < -0.3 is 20.0 Å². The molecule has 148 valence electrons. The molecule has 2 aliphatic carbocycles. The Morgan fingerprint density at radius 2 is 1.89 bits per heavy atom. The molecule has 1 amide bonds. The number of hydrogen-bond donors (Lipinski definition) is 1. The summed E-state index contributed by atoms with van der Waals surface area (Å²) < 4.78 is 5.22. The van der Waals surface area contributed by atoms with Crippen molar-refractivity contribution in [2.24, 2.45) is 17.8 Å². The molecule has 2 aliphatic rings. The number of esters is 1. The second kappa shape index (κ2) is 8.42. The Morgan fingerprint density at radius 1 is 1.19 bits per heavy atom. The fourth-order valence-electron chi connectivity index (χ4n) is 4.19. The van der Waals surface area contributed by atoms with E-state index in [0.29, 0.717) is 29.3 Å². The van der Waals surface area contributed by atoms with E-state index in [2.05, 4.69) is 12.2 Å². The molecule has 0 radical (unpaired) electrons. The molecular formula is C20H26NO5S-. The summed E-state index contributed by atoms with van der Waals surface area (Å²) in [5.41, 5.74) is 1.44. The van der Waals surface area contributed by atoms with Crippen molar-refractivity contribution in [3.8, 4) is 0 Å². The molecule has 0 spiro atoms. The van der Waals surface area contributed by atoms with Gasteiger partial charge in [0.05, 0.1) is 12.2 Å². The summed E-state index contributed by atoms with van der Waals surface area (Å²) in [5.74, 6) is -2.76. The lowest BCUT2D eigenvalue weighted by atomic mass is 9.78. The number of carbonyl (C=O) groups excluding carboxylic acids is 3. The summed E-state index contributed by atoms with van der Waals surface area (Å²) in [6, 6.07) is 0. The number of thiophene rings is 1. The summed E-state index contributed by atoms with van der Waals surface area (Å²) in [7, 11) is 0. The molecule has 0 unspecified atom stereocenters. The first-order valence-electron chi connectivity index (χ1n) is 9.75. The fourth-order valence-corrected chi connectivity index (χ4v) is 5.59. The van der Waals surface area contributed by atoms with Gasteiger partial charge in [-0.05, 0) is 50.5 Å². The van der Waals surface area contributed by atoms with E-state index in [1.54, 1.807) is 6.92 Å². The predicted molar refractivity (Wildman–Crippen MR) is 101 cm³/mol. The fraction of sp³-hybridized carbons (Fsp3) is 0.650. The van der Waals surface area contributed by atoms with Gasteiger partial charge in [-0.1, -0.05) is 19.8 Å². The normalized spacial score (nSPS) is 24.7. The molecule has 6 nitrogen and oxygen atoms in total. The number of fused-ring (bicyclic) bond motifs is 1. The van der Waals surface area contributed by atoms with Crippen molar-refractivity contribution in [3.63, 3.8) is 0 Å². The molecule has 1 saturated carbocycles. The highest BCUT2D eigenvalue weighted by Gasteiger charge is 2.34. The van der Waals surface area contributed by atoms with Crippen LogP contribution in [0.4, 0.5) is 5.00 Å². The Morgan fingerprint density at radius 3 is 2.56 bits per heavy atom. The van der Waals surface area contributed by atoms with E-state index in [1.807, 2.05) is 0 Å². The zero-order valence-corrected chi connectivity index (χ0v) is 16.7. The average molecular weight is 392 g/mol. The number of amides is 1. The zero-order valence-electron chi connectivity index (χ0n) is 15.8. The Hall–Kier alpha value is -1.89. The molecule has 1 aromatic rings. The van der Waals surface area contributed by atoms with Gasteiger partial charge in [0.1, 0.15) is 5.00 Å². The molecule has 7 heteroatoms. The van der Waals surface area contributed by atoms with Crippen molar-refractivity contribution in [1.29, 1.82) is 0 Å². The van der Waals surface area contributed by atoms with Crippen LogP contribution >= 0.6 is 11.3 Å². The van der Waals surface area contributed by atoms with Crippen LogP contribution in [0.1, 0.15) is 66.8 Å². The number of carboxylic acid groups (broad SMARTS) is 1. The number of rotatable bonds is 5. The van der Waals surface area contributed by atoms with Crippen LogP contribution in [0.25, 0.3) is 0 Å². The third kappa shape index (κ3) is 4.18. The highest BCUT2D eigenvalue weighted by atomic mass is 32.1. The third-order valence-corrected chi connectivity index (χ3v) is 6.80. The number of aliphatic carboxylic acids is 1. The number of ether oxygens (including phenoxy) is 1. The third-order valence-electron chi connectivity index (χ3n) is 5.63. The topological polar surface area (TPSA) is 95.5 Å². The van der Waals surface area contributed by atoms with E-state index >= 15 is 0 Å². The van der Waals surface area contributed by atoms with Crippen LogP contribution in [0.3, 0.4) is 0 Å². The lowest BCUT2D eigenvalue weighted by molar-refractivity contribution is -0.313. The highest BCUT2D eigenvalue weighted by Crippen LogP contribution is 2.41. The van der Waals surface area contributed by atoms with Gasteiger partial charge in [-0.2, -0.15) is 0 Å². The highest BCUT2D eigenvalue weighted by molar-refractivity contribution is 7.17. The molecule has 27 heavy (non-hydrogen) atoms. The van der Waals surface area contributed by atoms with E-state index in [-0.39, 0.29) is 12.5 Å². The first-order chi connectivity index (χ1) is 12.9. The number of carboxylic acids is 1. The van der Waals surface area contributed by atoms with E-state index in [9.17, 15) is 19.5 Å². The molecule has 1 aromatic heterocycles. The Balaban J connectivity index is 1.88. The standard InChI is InChI=1S/C20H27NO5S/c1-3-26-20(25)16-14-9-8-11(2)10-15(14)27-18(16)21-17(22)12-6-4-5-7-13(12)19(23)24/h11-13H,3-10H2,1-2H3,(H,21,22)(H,23,24)/p-1/t11-,12-,13-/m1/s1. The lowest BCUT2D eigenvalue weighted by Gasteiger charge is -2.31. The SMILES string of the molecule is CCOC(=O)c1c(NC(=O)[C@@H]2CCCC[C@H]2C(=O)[O-])sc2c1CC[C@@H](C)C2. The second-order valence-corrected chi connectivity index (χ2v) is 8.69. The maximum Gasteiger partial charge on any atom is 0.341 e. The molecular weight excluding hydrogens is 366 g/mol. The minimum absolute atomic E-state index is 0.266. The molecule has 0 aromatic carbocycles. The van der Waals surface area contributed by atoms with E-state index in [1.165, 1.54) is 11.3 Å². The quantitative estimate of drug-likeness (QED) is 0.777. The van der Waals surface area contributed by atoms with Gasteiger partial charge in [-0.3, -0.25) is 4.79 Å². The maximum absolute atomic E-state index is 12.8. The molecule has 1 N–H and O–H groups in total. The van der Waals surface area contributed by atoms with Gasteiger partial charge in [0.15, 0.2) is 0 Å². The van der Waals surface area contributed by atoms with E-state index in [0.717, 1.165) is 42.5 Å². The average Bonchev–Trinajstić information content (AvgIpc) is 2.98. The van der Waals surface area contributed by atoms with Gasteiger partial charge >= 0.3 is 5.97 Å². The zero-order chi connectivity index (χ0) is 19.6. The Labute approximate surface area is 163 Å². The summed E-state index contributed by atoms with van der Waals surface area (Å²) in [5, 5.41) is 14.8. The van der Waals surface area contributed by atoms with Crippen LogP contribution in [0.5, 0.6) is 0 Å². The first kappa shape index (κ1) is 19.9. The van der Waals surface area contributed by atoms with Crippen molar-refractivity contribution < 1.29 is 24.2 Å². The van der Waals surface area contributed by atoms with Crippen LogP contribution in [0.15, 0.2) is 0 Å². The van der Waals surface area contributed by atoms with Gasteiger partial charge in [-0.15, -0.1) is 11.3 Å². The van der Waals surface area contributed by atoms with Gasteiger partial charge in [0.25, 0.3) is 0 Å². The largest absolute Gasteiger partial charge is 0.550 e. The molecule has 0 bridgehead atoms.